The van der Waals surface area contributed by atoms with Gasteiger partial charge in [0.25, 0.3) is 0 Å². The van der Waals surface area contributed by atoms with Crippen LogP contribution in [-0.2, 0) is 11.2 Å². The highest BCUT2D eigenvalue weighted by Gasteiger charge is 2.10. The van der Waals surface area contributed by atoms with Gasteiger partial charge in [0.15, 0.2) is 0 Å². The summed E-state index contributed by atoms with van der Waals surface area (Å²) in [5.41, 5.74) is 7.15. The van der Waals surface area contributed by atoms with Crippen molar-refractivity contribution in [2.75, 3.05) is 11.5 Å². The van der Waals surface area contributed by atoms with Crippen LogP contribution < -0.4 is 5.73 Å². The molecule has 0 fully saturated rings. The first-order chi connectivity index (χ1) is 8.65. The molecule has 96 valence electrons. The van der Waals surface area contributed by atoms with Crippen LogP contribution in [0.3, 0.4) is 0 Å². The number of rotatable bonds is 7. The van der Waals surface area contributed by atoms with Crippen molar-refractivity contribution in [3.63, 3.8) is 0 Å². The maximum Gasteiger partial charge on any atom is 0.320 e. The largest absolute Gasteiger partial charge is 0.480 e. The first-order valence-electron chi connectivity index (χ1n) is 5.69. The number of nitriles is 1. The fourth-order valence-electron chi connectivity index (χ4n) is 1.47. The van der Waals surface area contributed by atoms with Gasteiger partial charge in [0.1, 0.15) is 6.04 Å². The average molecular weight is 264 g/mol. The summed E-state index contributed by atoms with van der Waals surface area (Å²) in [5, 5.41) is 17.5. The molecule has 0 amide bonds. The summed E-state index contributed by atoms with van der Waals surface area (Å²) in [6, 6.07) is 8.91. The van der Waals surface area contributed by atoms with E-state index < -0.39 is 12.0 Å². The zero-order chi connectivity index (χ0) is 13.4. The normalized spacial score (nSPS) is 11.8. The summed E-state index contributed by atoms with van der Waals surface area (Å²) in [4.78, 5) is 10.5. The molecule has 0 spiro atoms. The molecule has 0 bridgehead atoms. The van der Waals surface area contributed by atoms with Crippen LogP contribution in [0.1, 0.15) is 17.5 Å². The van der Waals surface area contributed by atoms with Crippen LogP contribution in [0.2, 0.25) is 0 Å². The molecule has 0 aliphatic heterocycles. The average Bonchev–Trinajstić information content (AvgIpc) is 2.38. The van der Waals surface area contributed by atoms with Crippen molar-refractivity contribution < 1.29 is 9.90 Å². The van der Waals surface area contributed by atoms with Crippen LogP contribution in [0, 0.1) is 11.3 Å². The predicted molar refractivity (Wildman–Crippen MR) is 72.4 cm³/mol. The van der Waals surface area contributed by atoms with Gasteiger partial charge < -0.3 is 10.8 Å². The van der Waals surface area contributed by atoms with Gasteiger partial charge in [0, 0.05) is 0 Å². The smallest absolute Gasteiger partial charge is 0.320 e. The molecule has 0 radical (unpaired) electrons. The van der Waals surface area contributed by atoms with Crippen molar-refractivity contribution in [3.05, 3.63) is 35.4 Å². The fraction of sp³-hybridized carbons (Fsp3) is 0.385. The van der Waals surface area contributed by atoms with Crippen LogP contribution in [0.15, 0.2) is 24.3 Å². The van der Waals surface area contributed by atoms with E-state index >= 15 is 0 Å². The predicted octanol–water partition coefficient (Wildman–Crippen LogP) is 1.64. The van der Waals surface area contributed by atoms with Gasteiger partial charge in [-0.2, -0.15) is 17.0 Å². The highest BCUT2D eigenvalue weighted by molar-refractivity contribution is 7.99. The van der Waals surface area contributed by atoms with Crippen molar-refractivity contribution in [3.8, 4) is 6.07 Å². The van der Waals surface area contributed by atoms with E-state index in [0.717, 1.165) is 23.5 Å². The first-order valence-corrected chi connectivity index (χ1v) is 6.84. The number of aliphatic carboxylic acids is 1. The third kappa shape index (κ3) is 4.78. The van der Waals surface area contributed by atoms with E-state index in [1.807, 2.05) is 18.2 Å². The molecule has 4 nitrogen and oxygen atoms in total. The van der Waals surface area contributed by atoms with Crippen LogP contribution in [0.5, 0.6) is 0 Å². The Balaban J connectivity index is 2.26. The van der Waals surface area contributed by atoms with E-state index in [2.05, 4.69) is 6.07 Å². The Morgan fingerprint density at radius 3 is 2.83 bits per heavy atom. The van der Waals surface area contributed by atoms with Gasteiger partial charge in [-0.25, -0.2) is 0 Å². The Morgan fingerprint density at radius 1 is 1.44 bits per heavy atom. The number of nitrogens with zero attached hydrogens (tertiary/aromatic N) is 1. The summed E-state index contributed by atoms with van der Waals surface area (Å²) >= 11 is 1.66. The minimum absolute atomic E-state index is 0.472. The molecule has 1 aromatic rings. The molecule has 1 atom stereocenters. The number of carboxylic acids is 1. The van der Waals surface area contributed by atoms with E-state index in [9.17, 15) is 4.79 Å². The van der Waals surface area contributed by atoms with Gasteiger partial charge in [-0.3, -0.25) is 4.79 Å². The third-order valence-electron chi connectivity index (χ3n) is 2.54. The van der Waals surface area contributed by atoms with Gasteiger partial charge in [-0.1, -0.05) is 18.2 Å². The summed E-state index contributed by atoms with van der Waals surface area (Å²) in [7, 11) is 0. The maximum absolute atomic E-state index is 10.5. The Labute approximate surface area is 111 Å². The number of aryl methyl sites for hydroxylation is 1. The van der Waals surface area contributed by atoms with Crippen LogP contribution in [0.25, 0.3) is 0 Å². The summed E-state index contributed by atoms with van der Waals surface area (Å²) in [6.45, 7) is 0. The van der Waals surface area contributed by atoms with Crippen molar-refractivity contribution in [2.24, 2.45) is 5.73 Å². The lowest BCUT2D eigenvalue weighted by Crippen LogP contribution is -2.30. The van der Waals surface area contributed by atoms with E-state index in [1.54, 1.807) is 17.8 Å². The summed E-state index contributed by atoms with van der Waals surface area (Å²) in [6.07, 6.45) is 1.29. The quantitative estimate of drug-likeness (QED) is 0.731. The number of thioether (sulfide) groups is 1. The second-order valence-corrected chi connectivity index (χ2v) is 5.09. The number of hydrogen-bond donors (Lipinski definition) is 2. The molecular formula is C13H16N2O2S. The third-order valence-corrected chi connectivity index (χ3v) is 3.56. The van der Waals surface area contributed by atoms with Gasteiger partial charge in [0.2, 0.25) is 0 Å². The molecule has 0 saturated carbocycles. The molecule has 0 aliphatic rings. The Hall–Kier alpha value is -1.51. The maximum atomic E-state index is 10.5. The molecule has 1 rings (SSSR count). The van der Waals surface area contributed by atoms with Crippen molar-refractivity contribution in [1.29, 1.82) is 5.26 Å². The molecule has 0 heterocycles. The summed E-state index contributed by atoms with van der Waals surface area (Å²) in [5.74, 6) is 0.637. The SMILES string of the molecule is N#Cc1ccccc1CCSCCC(N)C(=O)O. The Bertz CT molecular complexity index is 443. The number of hydrogen-bond acceptors (Lipinski definition) is 4. The van der Waals surface area contributed by atoms with Crippen LogP contribution in [0.4, 0.5) is 0 Å². The monoisotopic (exact) mass is 264 g/mol. The number of carbonyl (C=O) groups is 1. The molecule has 5 heteroatoms. The van der Waals surface area contributed by atoms with E-state index in [-0.39, 0.29) is 0 Å². The number of benzene rings is 1. The van der Waals surface area contributed by atoms with Crippen LogP contribution >= 0.6 is 11.8 Å². The minimum atomic E-state index is -0.953. The second-order valence-electron chi connectivity index (χ2n) is 3.86. The van der Waals surface area contributed by atoms with Gasteiger partial charge in [-0.05, 0) is 36.0 Å². The summed E-state index contributed by atoms with van der Waals surface area (Å²) < 4.78 is 0. The highest BCUT2D eigenvalue weighted by Crippen LogP contribution is 2.12. The molecule has 1 unspecified atom stereocenters. The molecule has 0 saturated heterocycles. The second kappa shape index (κ2) is 7.75. The van der Waals surface area contributed by atoms with Crippen LogP contribution in [-0.4, -0.2) is 28.6 Å². The van der Waals surface area contributed by atoms with Crippen molar-refractivity contribution in [1.82, 2.24) is 0 Å². The first kappa shape index (κ1) is 14.6. The lowest BCUT2D eigenvalue weighted by atomic mass is 10.1. The van der Waals surface area contributed by atoms with Crippen molar-refractivity contribution in [2.45, 2.75) is 18.9 Å². The van der Waals surface area contributed by atoms with E-state index in [4.69, 9.17) is 16.1 Å². The molecule has 0 aromatic heterocycles. The molecule has 0 aliphatic carbocycles. The number of carboxylic acid groups (broad SMARTS) is 1. The lowest BCUT2D eigenvalue weighted by Gasteiger charge is -2.06. The Morgan fingerprint density at radius 2 is 2.17 bits per heavy atom. The zero-order valence-corrected chi connectivity index (χ0v) is 10.8. The van der Waals surface area contributed by atoms with Gasteiger partial charge in [-0.15, -0.1) is 0 Å². The fourth-order valence-corrected chi connectivity index (χ4v) is 2.45. The molecular weight excluding hydrogens is 248 g/mol. The number of nitrogens with two attached hydrogens (primary N) is 1. The lowest BCUT2D eigenvalue weighted by molar-refractivity contribution is -0.138. The minimum Gasteiger partial charge on any atom is -0.480 e. The van der Waals surface area contributed by atoms with Gasteiger partial charge in [0.05, 0.1) is 11.6 Å². The molecule has 3 N–H and O–H groups in total. The van der Waals surface area contributed by atoms with Gasteiger partial charge >= 0.3 is 5.97 Å². The molecule has 1 aromatic carbocycles. The van der Waals surface area contributed by atoms with E-state index in [0.29, 0.717) is 12.0 Å². The highest BCUT2D eigenvalue weighted by atomic mass is 32.2. The zero-order valence-electron chi connectivity index (χ0n) is 10.0. The topological polar surface area (TPSA) is 87.1 Å². The van der Waals surface area contributed by atoms with E-state index in [1.165, 1.54) is 0 Å². The Kier molecular flexibility index (Phi) is 6.26. The van der Waals surface area contributed by atoms with Crippen molar-refractivity contribution >= 4 is 17.7 Å². The molecule has 18 heavy (non-hydrogen) atoms. The standard InChI is InChI=1S/C13H16N2O2S/c14-9-11-4-2-1-3-10(11)5-7-18-8-6-12(15)13(16)17/h1-4,12H,5-8,15H2,(H,16,17).